The van der Waals surface area contributed by atoms with Crippen molar-refractivity contribution in [3.63, 3.8) is 0 Å². The highest BCUT2D eigenvalue weighted by Crippen LogP contribution is 2.33. The van der Waals surface area contributed by atoms with Gasteiger partial charge >= 0.3 is 0 Å². The number of hydrogen-bond acceptors (Lipinski definition) is 7. The zero-order valence-electron chi connectivity index (χ0n) is 17.3. The molecule has 0 radical (unpaired) electrons. The molecule has 0 aromatic heterocycles. The molecule has 3 rings (SSSR count). The summed E-state index contributed by atoms with van der Waals surface area (Å²) in [5, 5.41) is 13.8. The standard InChI is InChI=1S/C20H24N4O6S/c1-30-19-10-9-17(24(26)27)13-18(19)23(31(2,28)29)14-20(25)21-15-5-7-16(8-6-15)22-11-3-4-12-22/h5-10,13H,3-4,11-12,14H2,1-2H3,(H,21,25). The van der Waals surface area contributed by atoms with Gasteiger partial charge in [0, 0.05) is 36.6 Å². The Bertz CT molecular complexity index is 1070. The van der Waals surface area contributed by atoms with Gasteiger partial charge in [-0.2, -0.15) is 0 Å². The van der Waals surface area contributed by atoms with E-state index in [1.54, 1.807) is 12.1 Å². The van der Waals surface area contributed by atoms with Gasteiger partial charge in [0.05, 0.1) is 18.3 Å². The second-order valence-electron chi connectivity index (χ2n) is 7.17. The molecule has 1 saturated heterocycles. The molecule has 1 N–H and O–H groups in total. The van der Waals surface area contributed by atoms with Gasteiger partial charge in [0.1, 0.15) is 18.0 Å². The van der Waals surface area contributed by atoms with Gasteiger partial charge in [-0.25, -0.2) is 8.42 Å². The van der Waals surface area contributed by atoms with Crippen LogP contribution in [0.5, 0.6) is 5.75 Å². The first-order valence-corrected chi connectivity index (χ1v) is 11.5. The van der Waals surface area contributed by atoms with E-state index in [-0.39, 0.29) is 17.1 Å². The number of ether oxygens (including phenoxy) is 1. The highest BCUT2D eigenvalue weighted by molar-refractivity contribution is 7.92. The molecule has 2 aromatic carbocycles. The molecule has 166 valence electrons. The van der Waals surface area contributed by atoms with Gasteiger partial charge in [0.25, 0.3) is 5.69 Å². The predicted octanol–water partition coefficient (Wildman–Crippen LogP) is 2.61. The molecule has 11 heteroatoms. The number of carbonyl (C=O) groups excluding carboxylic acids is 1. The molecule has 0 spiro atoms. The number of non-ortho nitro benzene ring substituents is 1. The summed E-state index contributed by atoms with van der Waals surface area (Å²) in [5.74, 6) is -0.494. The Morgan fingerprint density at radius 2 is 1.84 bits per heavy atom. The third-order valence-corrected chi connectivity index (χ3v) is 6.08. The number of sulfonamides is 1. The summed E-state index contributed by atoms with van der Waals surface area (Å²) >= 11 is 0. The van der Waals surface area contributed by atoms with Crippen molar-refractivity contribution < 1.29 is 22.9 Å². The minimum absolute atomic E-state index is 0.0845. The Labute approximate surface area is 180 Å². The van der Waals surface area contributed by atoms with Gasteiger partial charge in [-0.3, -0.25) is 19.2 Å². The summed E-state index contributed by atoms with van der Waals surface area (Å²) in [6, 6.07) is 10.9. The van der Waals surface area contributed by atoms with Crippen molar-refractivity contribution in [3.8, 4) is 5.75 Å². The number of nitro groups is 1. The number of rotatable bonds is 8. The summed E-state index contributed by atoms with van der Waals surface area (Å²) in [6.45, 7) is 1.43. The van der Waals surface area contributed by atoms with E-state index in [0.717, 1.165) is 48.2 Å². The molecule has 0 atom stereocenters. The first-order chi connectivity index (χ1) is 14.7. The van der Waals surface area contributed by atoms with Crippen LogP contribution in [-0.4, -0.2) is 52.2 Å². The number of benzene rings is 2. The second kappa shape index (κ2) is 9.21. The predicted molar refractivity (Wildman–Crippen MR) is 118 cm³/mol. The minimum Gasteiger partial charge on any atom is -0.495 e. The lowest BCUT2D eigenvalue weighted by Crippen LogP contribution is -2.37. The smallest absolute Gasteiger partial charge is 0.271 e. The van der Waals surface area contributed by atoms with Crippen LogP contribution in [0.4, 0.5) is 22.7 Å². The number of methoxy groups -OCH3 is 1. The van der Waals surface area contributed by atoms with Crippen LogP contribution in [0.1, 0.15) is 12.8 Å². The van der Waals surface area contributed by atoms with Gasteiger partial charge in [-0.05, 0) is 43.2 Å². The van der Waals surface area contributed by atoms with E-state index in [0.29, 0.717) is 5.69 Å². The maximum Gasteiger partial charge on any atom is 0.271 e. The van der Waals surface area contributed by atoms with Crippen molar-refractivity contribution in [3.05, 3.63) is 52.6 Å². The lowest BCUT2D eigenvalue weighted by molar-refractivity contribution is -0.384. The second-order valence-corrected chi connectivity index (χ2v) is 9.08. The van der Waals surface area contributed by atoms with Gasteiger partial charge in [0.15, 0.2) is 0 Å². The van der Waals surface area contributed by atoms with E-state index in [1.807, 2.05) is 12.1 Å². The van der Waals surface area contributed by atoms with E-state index < -0.39 is 27.4 Å². The quantitative estimate of drug-likeness (QED) is 0.486. The van der Waals surface area contributed by atoms with Crippen molar-refractivity contribution in [1.29, 1.82) is 0 Å². The van der Waals surface area contributed by atoms with E-state index in [1.165, 1.54) is 19.2 Å². The Morgan fingerprint density at radius 1 is 1.19 bits per heavy atom. The van der Waals surface area contributed by atoms with Crippen LogP contribution in [-0.2, 0) is 14.8 Å². The molecule has 1 fully saturated rings. The van der Waals surface area contributed by atoms with Crippen molar-refractivity contribution >= 4 is 38.7 Å². The molecule has 1 heterocycles. The fourth-order valence-electron chi connectivity index (χ4n) is 3.43. The summed E-state index contributed by atoms with van der Waals surface area (Å²) in [7, 11) is -2.62. The zero-order valence-corrected chi connectivity index (χ0v) is 18.1. The van der Waals surface area contributed by atoms with E-state index >= 15 is 0 Å². The molecule has 31 heavy (non-hydrogen) atoms. The summed E-state index contributed by atoms with van der Waals surface area (Å²) in [5.41, 5.74) is 1.18. The monoisotopic (exact) mass is 448 g/mol. The van der Waals surface area contributed by atoms with Gasteiger partial charge in [0.2, 0.25) is 15.9 Å². The third kappa shape index (κ3) is 5.43. The number of anilines is 3. The van der Waals surface area contributed by atoms with E-state index in [4.69, 9.17) is 4.74 Å². The lowest BCUT2D eigenvalue weighted by atomic mass is 10.2. The van der Waals surface area contributed by atoms with Crippen LogP contribution in [0.2, 0.25) is 0 Å². The molecular weight excluding hydrogens is 424 g/mol. The lowest BCUT2D eigenvalue weighted by Gasteiger charge is -2.23. The van der Waals surface area contributed by atoms with Crippen LogP contribution in [0, 0.1) is 10.1 Å². The highest BCUT2D eigenvalue weighted by atomic mass is 32.2. The molecule has 10 nitrogen and oxygen atoms in total. The topological polar surface area (TPSA) is 122 Å². The van der Waals surface area contributed by atoms with Crippen molar-refractivity contribution in [1.82, 2.24) is 0 Å². The van der Waals surface area contributed by atoms with Crippen molar-refractivity contribution in [2.24, 2.45) is 0 Å². The fourth-order valence-corrected chi connectivity index (χ4v) is 4.28. The Kier molecular flexibility index (Phi) is 6.64. The first kappa shape index (κ1) is 22.3. The molecule has 0 saturated carbocycles. The maximum absolute atomic E-state index is 12.6. The molecule has 1 amide bonds. The zero-order chi connectivity index (χ0) is 22.6. The van der Waals surface area contributed by atoms with E-state index in [2.05, 4.69) is 10.2 Å². The molecule has 0 unspecified atom stereocenters. The van der Waals surface area contributed by atoms with Gasteiger partial charge in [-0.1, -0.05) is 0 Å². The SMILES string of the molecule is COc1ccc([N+](=O)[O-])cc1N(CC(=O)Nc1ccc(N2CCCC2)cc1)S(C)(=O)=O. The number of hydrogen-bond donors (Lipinski definition) is 1. The van der Waals surface area contributed by atoms with Gasteiger partial charge < -0.3 is 15.0 Å². The Balaban J connectivity index is 1.79. The maximum atomic E-state index is 12.6. The molecule has 0 aliphatic carbocycles. The van der Waals surface area contributed by atoms with Crippen LogP contribution >= 0.6 is 0 Å². The molecule has 0 bridgehead atoms. The fraction of sp³-hybridized carbons (Fsp3) is 0.350. The number of nitro benzene ring substituents is 1. The first-order valence-electron chi connectivity index (χ1n) is 9.64. The van der Waals surface area contributed by atoms with Crippen molar-refractivity contribution in [2.75, 3.05) is 47.5 Å². The highest BCUT2D eigenvalue weighted by Gasteiger charge is 2.26. The number of amides is 1. The number of nitrogens with zero attached hydrogens (tertiary/aromatic N) is 3. The normalized spacial score (nSPS) is 13.7. The molecule has 2 aromatic rings. The summed E-state index contributed by atoms with van der Waals surface area (Å²) in [6.07, 6.45) is 3.23. The Hall–Kier alpha value is -3.34. The average molecular weight is 449 g/mol. The Morgan fingerprint density at radius 3 is 2.39 bits per heavy atom. The molecular formula is C20H24N4O6S. The van der Waals surface area contributed by atoms with Crippen LogP contribution in [0.3, 0.4) is 0 Å². The summed E-state index contributed by atoms with van der Waals surface area (Å²) < 4.78 is 30.7. The summed E-state index contributed by atoms with van der Waals surface area (Å²) in [4.78, 5) is 25.3. The molecule has 1 aliphatic rings. The largest absolute Gasteiger partial charge is 0.495 e. The molecule has 1 aliphatic heterocycles. The third-order valence-electron chi connectivity index (χ3n) is 4.95. The van der Waals surface area contributed by atoms with Crippen molar-refractivity contribution in [2.45, 2.75) is 12.8 Å². The van der Waals surface area contributed by atoms with E-state index in [9.17, 15) is 23.3 Å². The minimum atomic E-state index is -3.93. The number of carbonyl (C=O) groups is 1. The number of nitrogens with one attached hydrogen (secondary N) is 1. The van der Waals surface area contributed by atoms with Crippen LogP contribution in [0.15, 0.2) is 42.5 Å². The van der Waals surface area contributed by atoms with Crippen LogP contribution in [0.25, 0.3) is 0 Å². The van der Waals surface area contributed by atoms with Crippen LogP contribution < -0.4 is 19.3 Å². The van der Waals surface area contributed by atoms with Gasteiger partial charge in [-0.15, -0.1) is 0 Å². The average Bonchev–Trinajstić information content (AvgIpc) is 3.26.